The van der Waals surface area contributed by atoms with Gasteiger partial charge in [-0.2, -0.15) is 11.8 Å². The zero-order valence-corrected chi connectivity index (χ0v) is 13.0. The fraction of sp³-hybridized carbons (Fsp3) is 0.600. The molecule has 0 aliphatic rings. The Bertz CT molecular complexity index is 360. The highest BCUT2D eigenvalue weighted by Crippen LogP contribution is 2.26. The van der Waals surface area contributed by atoms with Crippen molar-refractivity contribution >= 4 is 23.4 Å². The molecule has 1 rings (SSSR count). The average Bonchev–Trinajstić information content (AvgIpc) is 2.26. The van der Waals surface area contributed by atoms with Crippen molar-refractivity contribution in [1.82, 2.24) is 0 Å². The molecule has 1 nitrogen and oxygen atoms in total. The molecular formula is C15H23ClOS. The van der Waals surface area contributed by atoms with E-state index in [1.54, 1.807) is 0 Å². The van der Waals surface area contributed by atoms with Crippen molar-refractivity contribution in [1.29, 1.82) is 0 Å². The molecule has 0 spiro atoms. The van der Waals surface area contributed by atoms with Crippen LogP contribution < -0.4 is 0 Å². The summed E-state index contributed by atoms with van der Waals surface area (Å²) in [4.78, 5) is 0. The largest absolute Gasteiger partial charge is 0.396 e. The number of aliphatic hydroxyl groups is 1. The highest BCUT2D eigenvalue weighted by atomic mass is 35.5. The highest BCUT2D eigenvalue weighted by Gasteiger charge is 2.13. The summed E-state index contributed by atoms with van der Waals surface area (Å²) in [5, 5.41) is 10.2. The number of rotatable bonds is 6. The highest BCUT2D eigenvalue weighted by molar-refractivity contribution is 8.00. The molecule has 3 heteroatoms. The second kappa shape index (κ2) is 7.42. The fourth-order valence-corrected chi connectivity index (χ4v) is 3.06. The van der Waals surface area contributed by atoms with E-state index < -0.39 is 0 Å². The molecule has 0 saturated heterocycles. The Morgan fingerprint density at radius 1 is 1.33 bits per heavy atom. The molecule has 0 amide bonds. The maximum Gasteiger partial charge on any atom is 0.0462 e. The van der Waals surface area contributed by atoms with Crippen LogP contribution in [0.5, 0.6) is 0 Å². The van der Waals surface area contributed by atoms with Crippen LogP contribution in [0.15, 0.2) is 24.3 Å². The summed E-state index contributed by atoms with van der Waals surface area (Å²) in [5.41, 5.74) is 1.21. The van der Waals surface area contributed by atoms with Gasteiger partial charge in [-0.3, -0.25) is 0 Å². The van der Waals surface area contributed by atoms with E-state index in [4.69, 9.17) is 11.6 Å². The molecular weight excluding hydrogens is 264 g/mol. The van der Waals surface area contributed by atoms with Gasteiger partial charge in [0.25, 0.3) is 0 Å². The van der Waals surface area contributed by atoms with E-state index in [0.717, 1.165) is 23.6 Å². The van der Waals surface area contributed by atoms with Gasteiger partial charge in [-0.25, -0.2) is 0 Å². The second-order valence-corrected chi connectivity index (χ2v) is 7.99. The predicted molar refractivity (Wildman–Crippen MR) is 82.6 cm³/mol. The number of hydrogen-bond acceptors (Lipinski definition) is 2. The van der Waals surface area contributed by atoms with E-state index >= 15 is 0 Å². The zero-order valence-electron chi connectivity index (χ0n) is 11.4. The second-order valence-electron chi connectivity index (χ2n) is 5.63. The quantitative estimate of drug-likeness (QED) is 0.836. The number of benzene rings is 1. The molecule has 1 unspecified atom stereocenters. The van der Waals surface area contributed by atoms with Crippen molar-refractivity contribution in [3.05, 3.63) is 34.9 Å². The summed E-state index contributed by atoms with van der Waals surface area (Å²) in [6, 6.07) is 7.91. The van der Waals surface area contributed by atoms with Crippen LogP contribution in [0.25, 0.3) is 0 Å². The van der Waals surface area contributed by atoms with E-state index in [9.17, 15) is 5.11 Å². The standard InChI is InChI=1S/C15H23ClOS/c1-15(2,3)18-8-7-13(11-17)9-12-5-4-6-14(16)10-12/h4-6,10,13,17H,7-9,11H2,1-3H3. The molecule has 1 aromatic carbocycles. The maximum atomic E-state index is 9.44. The predicted octanol–water partition coefficient (Wildman–Crippen LogP) is 4.41. The van der Waals surface area contributed by atoms with E-state index in [0.29, 0.717) is 10.7 Å². The summed E-state index contributed by atoms with van der Waals surface area (Å²) >= 11 is 7.92. The third-order valence-corrected chi connectivity index (χ3v) is 4.27. The molecule has 0 bridgehead atoms. The van der Waals surface area contributed by atoms with Gasteiger partial charge in [-0.15, -0.1) is 0 Å². The lowest BCUT2D eigenvalue weighted by atomic mass is 9.98. The van der Waals surface area contributed by atoms with Gasteiger partial charge in [-0.1, -0.05) is 44.5 Å². The molecule has 0 heterocycles. The van der Waals surface area contributed by atoms with Crippen LogP contribution in [0.4, 0.5) is 0 Å². The first-order chi connectivity index (χ1) is 8.40. The van der Waals surface area contributed by atoms with Crippen LogP contribution in [-0.2, 0) is 6.42 Å². The summed E-state index contributed by atoms with van der Waals surface area (Å²) in [6.45, 7) is 6.92. The van der Waals surface area contributed by atoms with Gasteiger partial charge in [0.05, 0.1) is 0 Å². The van der Waals surface area contributed by atoms with Crippen LogP contribution in [0.1, 0.15) is 32.8 Å². The Hall–Kier alpha value is -0.180. The molecule has 0 saturated carbocycles. The van der Waals surface area contributed by atoms with Crippen molar-refractivity contribution < 1.29 is 5.11 Å². The minimum atomic E-state index is 0.247. The van der Waals surface area contributed by atoms with Crippen LogP contribution in [0, 0.1) is 5.92 Å². The van der Waals surface area contributed by atoms with E-state index in [1.165, 1.54) is 5.56 Å². The number of halogens is 1. The Morgan fingerprint density at radius 3 is 2.61 bits per heavy atom. The molecule has 0 fully saturated rings. The summed E-state index contributed by atoms with van der Waals surface area (Å²) in [6.07, 6.45) is 1.95. The molecule has 1 N–H and O–H groups in total. The van der Waals surface area contributed by atoms with Gasteiger partial charge in [0.1, 0.15) is 0 Å². The van der Waals surface area contributed by atoms with Gasteiger partial charge in [0.2, 0.25) is 0 Å². The van der Waals surface area contributed by atoms with Crippen molar-refractivity contribution in [3.63, 3.8) is 0 Å². The molecule has 0 radical (unpaired) electrons. The van der Waals surface area contributed by atoms with Crippen LogP contribution >= 0.6 is 23.4 Å². The molecule has 18 heavy (non-hydrogen) atoms. The zero-order chi connectivity index (χ0) is 13.6. The molecule has 0 aliphatic heterocycles. The third kappa shape index (κ3) is 6.67. The van der Waals surface area contributed by atoms with Gasteiger partial charge >= 0.3 is 0 Å². The first kappa shape index (κ1) is 15.9. The molecule has 1 atom stereocenters. The Balaban J connectivity index is 2.42. The molecule has 1 aromatic rings. The van der Waals surface area contributed by atoms with Gasteiger partial charge in [0.15, 0.2) is 0 Å². The summed E-state index contributed by atoms with van der Waals surface area (Å²) < 4.78 is 0.302. The molecule has 102 valence electrons. The summed E-state index contributed by atoms with van der Waals surface area (Å²) in [7, 11) is 0. The Labute approximate surface area is 120 Å². The molecule has 0 aromatic heterocycles. The number of hydrogen-bond donors (Lipinski definition) is 1. The first-order valence-corrected chi connectivity index (χ1v) is 7.76. The monoisotopic (exact) mass is 286 g/mol. The SMILES string of the molecule is CC(C)(C)SCCC(CO)Cc1cccc(Cl)c1. The van der Waals surface area contributed by atoms with Crippen LogP contribution in [0.2, 0.25) is 5.02 Å². The number of thioether (sulfide) groups is 1. The Morgan fingerprint density at radius 2 is 2.06 bits per heavy atom. The van der Waals surface area contributed by atoms with Gasteiger partial charge in [-0.05, 0) is 42.2 Å². The third-order valence-electron chi connectivity index (χ3n) is 2.73. The van der Waals surface area contributed by atoms with Crippen molar-refractivity contribution in [2.45, 2.75) is 38.4 Å². The minimum absolute atomic E-state index is 0.247. The first-order valence-electron chi connectivity index (χ1n) is 6.40. The van der Waals surface area contributed by atoms with Crippen LogP contribution in [0.3, 0.4) is 0 Å². The van der Waals surface area contributed by atoms with E-state index in [1.807, 2.05) is 30.0 Å². The molecule has 0 aliphatic carbocycles. The van der Waals surface area contributed by atoms with Crippen LogP contribution in [-0.4, -0.2) is 22.2 Å². The fourth-order valence-electron chi connectivity index (χ4n) is 1.79. The average molecular weight is 287 g/mol. The smallest absolute Gasteiger partial charge is 0.0462 e. The van der Waals surface area contributed by atoms with Crippen molar-refractivity contribution in [3.8, 4) is 0 Å². The lowest BCUT2D eigenvalue weighted by Crippen LogP contribution is -2.14. The van der Waals surface area contributed by atoms with E-state index in [2.05, 4.69) is 26.8 Å². The van der Waals surface area contributed by atoms with Crippen molar-refractivity contribution in [2.24, 2.45) is 5.92 Å². The lowest BCUT2D eigenvalue weighted by molar-refractivity contribution is 0.223. The van der Waals surface area contributed by atoms with Gasteiger partial charge in [0, 0.05) is 16.4 Å². The summed E-state index contributed by atoms with van der Waals surface area (Å²) in [5.74, 6) is 1.42. The van der Waals surface area contributed by atoms with Gasteiger partial charge < -0.3 is 5.11 Å². The number of aliphatic hydroxyl groups excluding tert-OH is 1. The maximum absolute atomic E-state index is 9.44. The topological polar surface area (TPSA) is 20.2 Å². The lowest BCUT2D eigenvalue weighted by Gasteiger charge is -2.20. The van der Waals surface area contributed by atoms with E-state index in [-0.39, 0.29) is 6.61 Å². The Kier molecular flexibility index (Phi) is 6.54. The minimum Gasteiger partial charge on any atom is -0.396 e. The normalized spacial score (nSPS) is 13.6. The van der Waals surface area contributed by atoms with Crippen molar-refractivity contribution in [2.75, 3.05) is 12.4 Å².